The van der Waals surface area contributed by atoms with Crippen LogP contribution in [0.3, 0.4) is 0 Å². The number of aryl methyl sites for hydroxylation is 1. The van der Waals surface area contributed by atoms with E-state index in [1.54, 1.807) is 31.4 Å². The third-order valence-electron chi connectivity index (χ3n) is 6.42. The van der Waals surface area contributed by atoms with Crippen LogP contribution in [0.25, 0.3) is 6.08 Å². The van der Waals surface area contributed by atoms with Gasteiger partial charge < -0.3 is 10.5 Å². The van der Waals surface area contributed by atoms with Gasteiger partial charge in [0, 0.05) is 17.4 Å². The maximum absolute atomic E-state index is 13.6. The van der Waals surface area contributed by atoms with Crippen molar-refractivity contribution >= 4 is 21.9 Å². The maximum atomic E-state index is 13.6. The number of fused-ring (bicyclic) bond motifs is 1. The summed E-state index contributed by atoms with van der Waals surface area (Å²) < 4.78 is 33.8. The van der Waals surface area contributed by atoms with E-state index in [9.17, 15) is 8.42 Å². The van der Waals surface area contributed by atoms with Crippen LogP contribution in [0, 0.1) is 6.92 Å². The molecule has 1 unspecified atom stereocenters. The number of ether oxygens (including phenoxy) is 1. The summed E-state index contributed by atoms with van der Waals surface area (Å²) in [4.78, 5) is 0.171. The van der Waals surface area contributed by atoms with Crippen molar-refractivity contribution in [3.63, 3.8) is 0 Å². The van der Waals surface area contributed by atoms with Crippen LogP contribution in [0.2, 0.25) is 0 Å². The van der Waals surface area contributed by atoms with Crippen molar-refractivity contribution in [1.82, 2.24) is 9.19 Å². The summed E-state index contributed by atoms with van der Waals surface area (Å²) in [5.41, 5.74) is 9.75. The van der Waals surface area contributed by atoms with E-state index in [-0.39, 0.29) is 10.7 Å². The van der Waals surface area contributed by atoms with Crippen molar-refractivity contribution in [2.24, 2.45) is 0 Å². The van der Waals surface area contributed by atoms with E-state index < -0.39 is 15.4 Å². The molecule has 0 saturated carbocycles. The number of allylic oxidation sites excluding steroid dienone is 1. The van der Waals surface area contributed by atoms with E-state index in [0.717, 1.165) is 26.5 Å². The summed E-state index contributed by atoms with van der Waals surface area (Å²) in [7, 11) is -2.30. The predicted octanol–water partition coefficient (Wildman–Crippen LogP) is 4.57. The first-order valence-corrected chi connectivity index (χ1v) is 12.4. The quantitative estimate of drug-likeness (QED) is 0.461. The van der Waals surface area contributed by atoms with Crippen LogP contribution in [0.5, 0.6) is 5.75 Å². The van der Waals surface area contributed by atoms with Gasteiger partial charge in [-0.05, 0) is 42.3 Å². The molecule has 7 heteroatoms. The highest BCUT2D eigenvalue weighted by Crippen LogP contribution is 2.44. The number of nitrogens with zero attached hydrogens (tertiary/aromatic N) is 2. The highest BCUT2D eigenvalue weighted by Gasteiger charge is 2.39. The van der Waals surface area contributed by atoms with Gasteiger partial charge in [-0.2, -0.15) is 12.5 Å². The van der Waals surface area contributed by atoms with Crippen molar-refractivity contribution in [3.05, 3.63) is 113 Å². The number of methoxy groups -OCH3 is 1. The van der Waals surface area contributed by atoms with Crippen LogP contribution in [0.15, 0.2) is 89.8 Å². The second kappa shape index (κ2) is 8.18. The van der Waals surface area contributed by atoms with Crippen molar-refractivity contribution in [2.75, 3.05) is 12.8 Å². The number of anilines is 1. The fraction of sp³-hybridized carbons (Fsp3) is 0.148. The molecule has 0 saturated heterocycles. The molecular weight excluding hydrogens is 446 g/mol. The number of nitrogen functional groups attached to an aromatic ring is 1. The minimum absolute atomic E-state index is 0.171. The van der Waals surface area contributed by atoms with E-state index in [1.807, 2.05) is 67.6 Å². The molecule has 172 valence electrons. The van der Waals surface area contributed by atoms with Crippen LogP contribution in [0.4, 0.5) is 5.82 Å². The van der Waals surface area contributed by atoms with Crippen LogP contribution < -0.4 is 10.5 Å². The van der Waals surface area contributed by atoms with E-state index in [1.165, 1.54) is 0 Å². The number of aromatic nitrogens is 2. The zero-order valence-electron chi connectivity index (χ0n) is 19.0. The SMILES string of the molecule is COc1cccc(C2(c3ccccc3)C=Cc3c(N)nn(S(=O)(=O)c4ccc(C)cc4)c3C2)c1. The molecule has 5 rings (SSSR count). The monoisotopic (exact) mass is 471 g/mol. The minimum atomic E-state index is -3.94. The van der Waals surface area contributed by atoms with Gasteiger partial charge in [0.15, 0.2) is 5.82 Å². The largest absolute Gasteiger partial charge is 0.497 e. The fourth-order valence-corrected chi connectivity index (χ4v) is 5.89. The fourth-order valence-electron chi connectivity index (χ4n) is 4.56. The van der Waals surface area contributed by atoms with E-state index in [2.05, 4.69) is 11.2 Å². The van der Waals surface area contributed by atoms with Gasteiger partial charge in [0.1, 0.15) is 5.75 Å². The molecule has 0 amide bonds. The summed E-state index contributed by atoms with van der Waals surface area (Å²) in [5.74, 6) is 0.918. The van der Waals surface area contributed by atoms with Crippen LogP contribution in [-0.2, 0) is 21.9 Å². The molecule has 1 aromatic heterocycles. The molecule has 1 aliphatic carbocycles. The van der Waals surface area contributed by atoms with Crippen LogP contribution in [0.1, 0.15) is 27.9 Å². The zero-order valence-corrected chi connectivity index (χ0v) is 19.8. The molecule has 0 spiro atoms. The lowest BCUT2D eigenvalue weighted by Crippen LogP contribution is -2.32. The molecule has 0 aliphatic heterocycles. The van der Waals surface area contributed by atoms with Crippen molar-refractivity contribution < 1.29 is 13.2 Å². The van der Waals surface area contributed by atoms with Crippen LogP contribution >= 0.6 is 0 Å². The molecule has 1 heterocycles. The lowest BCUT2D eigenvalue weighted by Gasteiger charge is -2.35. The summed E-state index contributed by atoms with van der Waals surface area (Å²) in [5, 5.41) is 4.28. The molecule has 0 radical (unpaired) electrons. The van der Waals surface area contributed by atoms with Crippen molar-refractivity contribution in [1.29, 1.82) is 0 Å². The molecule has 2 N–H and O–H groups in total. The minimum Gasteiger partial charge on any atom is -0.497 e. The molecule has 3 aromatic carbocycles. The molecule has 6 nitrogen and oxygen atoms in total. The first-order valence-electron chi connectivity index (χ1n) is 10.9. The van der Waals surface area contributed by atoms with E-state index in [0.29, 0.717) is 17.7 Å². The normalized spacial score (nSPS) is 17.4. The Morgan fingerprint density at radius 3 is 2.38 bits per heavy atom. The number of rotatable bonds is 5. The van der Waals surface area contributed by atoms with Gasteiger partial charge in [0.05, 0.1) is 17.7 Å². The van der Waals surface area contributed by atoms with Gasteiger partial charge in [0.25, 0.3) is 10.0 Å². The average molecular weight is 472 g/mol. The third kappa shape index (κ3) is 3.49. The van der Waals surface area contributed by atoms with E-state index >= 15 is 0 Å². The molecule has 0 bridgehead atoms. The summed E-state index contributed by atoms with van der Waals surface area (Å²) in [6.07, 6.45) is 4.33. The first-order chi connectivity index (χ1) is 16.3. The van der Waals surface area contributed by atoms with Crippen molar-refractivity contribution in [3.8, 4) is 5.75 Å². The average Bonchev–Trinajstić information content (AvgIpc) is 3.21. The standard InChI is InChI=1S/C27H25N3O3S/c1-19-11-13-23(14-12-19)34(31,32)30-25-18-27(20-7-4-3-5-8-20,16-15-24(25)26(28)29-30)21-9-6-10-22(17-21)33-2/h3-17H,18H2,1-2H3,(H2,28,29). The molecule has 34 heavy (non-hydrogen) atoms. The summed E-state index contributed by atoms with van der Waals surface area (Å²) >= 11 is 0. The Balaban J connectivity index is 1.72. The Morgan fingerprint density at radius 2 is 1.68 bits per heavy atom. The Labute approximate surface area is 199 Å². The third-order valence-corrected chi connectivity index (χ3v) is 8.04. The maximum Gasteiger partial charge on any atom is 0.283 e. The number of hydrogen-bond donors (Lipinski definition) is 1. The topological polar surface area (TPSA) is 87.2 Å². The Kier molecular flexibility index (Phi) is 5.29. The molecule has 1 atom stereocenters. The first kappa shape index (κ1) is 22.0. The summed E-state index contributed by atoms with van der Waals surface area (Å²) in [6.45, 7) is 1.91. The molecule has 0 fully saturated rings. The van der Waals surface area contributed by atoms with Crippen molar-refractivity contribution in [2.45, 2.75) is 23.7 Å². The zero-order chi connectivity index (χ0) is 23.9. The summed E-state index contributed by atoms with van der Waals surface area (Å²) in [6, 6.07) is 24.6. The second-order valence-electron chi connectivity index (χ2n) is 8.49. The highest BCUT2D eigenvalue weighted by atomic mass is 32.2. The van der Waals surface area contributed by atoms with Gasteiger partial charge in [0.2, 0.25) is 0 Å². The molecular formula is C27H25N3O3S. The Bertz CT molecular complexity index is 1490. The molecule has 1 aliphatic rings. The lowest BCUT2D eigenvalue weighted by atomic mass is 9.68. The van der Waals surface area contributed by atoms with Crippen LogP contribution in [-0.4, -0.2) is 24.7 Å². The number of nitrogens with two attached hydrogens (primary N) is 1. The smallest absolute Gasteiger partial charge is 0.283 e. The van der Waals surface area contributed by atoms with Gasteiger partial charge in [-0.15, -0.1) is 5.10 Å². The van der Waals surface area contributed by atoms with Gasteiger partial charge in [-0.1, -0.05) is 72.3 Å². The Morgan fingerprint density at radius 1 is 0.971 bits per heavy atom. The lowest BCUT2D eigenvalue weighted by molar-refractivity contribution is 0.413. The van der Waals surface area contributed by atoms with E-state index in [4.69, 9.17) is 10.5 Å². The molecule has 4 aromatic rings. The number of benzene rings is 3. The van der Waals surface area contributed by atoms with Gasteiger partial charge in [-0.25, -0.2) is 0 Å². The Hall–Kier alpha value is -3.84. The highest BCUT2D eigenvalue weighted by molar-refractivity contribution is 7.89. The second-order valence-corrected chi connectivity index (χ2v) is 10.3. The predicted molar refractivity (Wildman–Crippen MR) is 133 cm³/mol. The number of hydrogen-bond acceptors (Lipinski definition) is 5. The van der Waals surface area contributed by atoms with Gasteiger partial charge in [-0.3, -0.25) is 0 Å². The van der Waals surface area contributed by atoms with Gasteiger partial charge >= 0.3 is 0 Å².